The topological polar surface area (TPSA) is 131 Å². The van der Waals surface area contributed by atoms with Crippen LogP contribution in [0.15, 0.2) is 53.4 Å². The molecule has 3 amide bonds. The summed E-state index contributed by atoms with van der Waals surface area (Å²) in [7, 11) is -3.95. The van der Waals surface area contributed by atoms with Crippen molar-refractivity contribution in [3.8, 4) is 5.75 Å². The maximum atomic E-state index is 11.9. The number of amides is 3. The van der Waals surface area contributed by atoms with E-state index in [0.29, 0.717) is 16.5 Å². The van der Waals surface area contributed by atoms with Crippen molar-refractivity contribution in [3.63, 3.8) is 0 Å². The summed E-state index contributed by atoms with van der Waals surface area (Å²) >= 11 is 5.75. The third-order valence-electron chi connectivity index (χ3n) is 3.36. The Morgan fingerprint density at radius 1 is 0.966 bits per heavy atom. The average Bonchev–Trinajstić information content (AvgIpc) is 2.65. The van der Waals surface area contributed by atoms with Crippen LogP contribution in [0.1, 0.15) is 6.92 Å². The number of halogens is 1. The molecule has 0 unspecified atom stereocenters. The van der Waals surface area contributed by atoms with Gasteiger partial charge in [0.25, 0.3) is 15.9 Å². The monoisotopic (exact) mass is 439 g/mol. The number of sulfonamides is 1. The fourth-order valence-electron chi connectivity index (χ4n) is 2.08. The minimum atomic E-state index is -3.95. The molecule has 0 saturated heterocycles. The fourth-order valence-corrected chi connectivity index (χ4v) is 3.20. The van der Waals surface area contributed by atoms with Crippen molar-refractivity contribution in [3.05, 3.63) is 53.6 Å². The normalized spacial score (nSPS) is 10.7. The smallest absolute Gasteiger partial charge is 0.264 e. The van der Waals surface area contributed by atoms with E-state index in [-0.39, 0.29) is 18.0 Å². The van der Waals surface area contributed by atoms with Crippen LogP contribution in [0.2, 0.25) is 5.02 Å². The number of anilines is 1. The molecule has 9 nitrogen and oxygen atoms in total. The summed E-state index contributed by atoms with van der Waals surface area (Å²) in [5, 5.41) is 5.44. The Bertz CT molecular complexity index is 991. The molecular formula is C18H18ClN3O6S. The van der Waals surface area contributed by atoms with Gasteiger partial charge in [-0.15, -0.1) is 0 Å². The first-order valence-electron chi connectivity index (χ1n) is 8.24. The first-order chi connectivity index (χ1) is 13.7. The van der Waals surface area contributed by atoms with Crippen LogP contribution < -0.4 is 20.1 Å². The third-order valence-corrected chi connectivity index (χ3v) is 5.06. The Kier molecular flexibility index (Phi) is 7.57. The van der Waals surface area contributed by atoms with E-state index in [1.165, 1.54) is 24.3 Å². The van der Waals surface area contributed by atoms with Gasteiger partial charge in [0.05, 0.1) is 11.4 Å². The SMILES string of the molecule is CC(=O)NS(=O)(=O)c1ccc(NC(=O)CNC(=O)COc2ccc(Cl)cc2)cc1. The molecule has 0 radical (unpaired) electrons. The van der Waals surface area contributed by atoms with Gasteiger partial charge < -0.3 is 15.4 Å². The number of hydrogen-bond donors (Lipinski definition) is 3. The highest BCUT2D eigenvalue weighted by atomic mass is 35.5. The number of nitrogens with one attached hydrogen (secondary N) is 3. The van der Waals surface area contributed by atoms with Gasteiger partial charge in [-0.05, 0) is 48.5 Å². The second-order valence-corrected chi connectivity index (χ2v) is 7.87. The standard InChI is InChI=1S/C18H18ClN3O6S/c1-12(23)22-29(26,27)16-8-4-14(5-9-16)21-17(24)10-20-18(25)11-28-15-6-2-13(19)3-7-15/h2-9H,10-11H2,1H3,(H,20,25)(H,21,24)(H,22,23). The van der Waals surface area contributed by atoms with Gasteiger partial charge in [-0.25, -0.2) is 13.1 Å². The summed E-state index contributed by atoms with van der Waals surface area (Å²) in [6.45, 7) is 0.514. The van der Waals surface area contributed by atoms with E-state index in [9.17, 15) is 22.8 Å². The Morgan fingerprint density at radius 3 is 2.17 bits per heavy atom. The molecule has 0 spiro atoms. The molecule has 0 saturated carbocycles. The van der Waals surface area contributed by atoms with E-state index in [1.807, 2.05) is 4.72 Å². The molecule has 0 aliphatic heterocycles. The van der Waals surface area contributed by atoms with Crippen molar-refractivity contribution in [2.75, 3.05) is 18.5 Å². The number of carbonyl (C=O) groups excluding carboxylic acids is 3. The molecule has 0 bridgehead atoms. The van der Waals surface area contributed by atoms with Gasteiger partial charge in [0.15, 0.2) is 6.61 Å². The van der Waals surface area contributed by atoms with E-state index >= 15 is 0 Å². The molecule has 154 valence electrons. The zero-order chi connectivity index (χ0) is 21.4. The summed E-state index contributed by atoms with van der Waals surface area (Å²) in [6.07, 6.45) is 0. The van der Waals surface area contributed by atoms with Crippen LogP contribution in [0.4, 0.5) is 5.69 Å². The Morgan fingerprint density at radius 2 is 1.59 bits per heavy atom. The summed E-state index contributed by atoms with van der Waals surface area (Å²) < 4.78 is 30.8. The van der Waals surface area contributed by atoms with Crippen molar-refractivity contribution in [1.29, 1.82) is 0 Å². The van der Waals surface area contributed by atoms with Crippen LogP contribution in [-0.2, 0) is 24.4 Å². The lowest BCUT2D eigenvalue weighted by atomic mass is 10.3. The van der Waals surface area contributed by atoms with Gasteiger partial charge in [-0.1, -0.05) is 11.6 Å². The molecule has 2 aromatic carbocycles. The van der Waals surface area contributed by atoms with Crippen LogP contribution in [-0.4, -0.2) is 39.3 Å². The molecule has 0 atom stereocenters. The highest BCUT2D eigenvalue weighted by molar-refractivity contribution is 7.90. The highest BCUT2D eigenvalue weighted by Gasteiger charge is 2.15. The Labute approximate surface area is 172 Å². The maximum absolute atomic E-state index is 11.9. The van der Waals surface area contributed by atoms with Gasteiger partial charge in [0.2, 0.25) is 11.8 Å². The number of ether oxygens (including phenoxy) is 1. The minimum absolute atomic E-state index is 0.127. The second-order valence-electron chi connectivity index (χ2n) is 5.75. The van der Waals surface area contributed by atoms with E-state index in [0.717, 1.165) is 6.92 Å². The average molecular weight is 440 g/mol. The lowest BCUT2D eigenvalue weighted by molar-refractivity contribution is -0.125. The minimum Gasteiger partial charge on any atom is -0.484 e. The zero-order valence-corrected chi connectivity index (χ0v) is 16.8. The molecular weight excluding hydrogens is 422 g/mol. The maximum Gasteiger partial charge on any atom is 0.264 e. The Hall–Kier alpha value is -3.11. The summed E-state index contributed by atoms with van der Waals surface area (Å²) in [5.41, 5.74) is 0.323. The van der Waals surface area contributed by atoms with Crippen molar-refractivity contribution >= 4 is 45.0 Å². The van der Waals surface area contributed by atoms with Crippen molar-refractivity contribution in [1.82, 2.24) is 10.0 Å². The molecule has 2 aromatic rings. The summed E-state index contributed by atoms with van der Waals surface area (Å²) in [5.74, 6) is -1.25. The van der Waals surface area contributed by atoms with Crippen LogP contribution >= 0.6 is 11.6 Å². The summed E-state index contributed by atoms with van der Waals surface area (Å²) in [4.78, 5) is 34.4. The molecule has 0 aliphatic rings. The fraction of sp³-hybridized carbons (Fsp3) is 0.167. The van der Waals surface area contributed by atoms with Crippen LogP contribution in [0.3, 0.4) is 0 Å². The van der Waals surface area contributed by atoms with Crippen molar-refractivity contribution < 1.29 is 27.5 Å². The number of hydrogen-bond acceptors (Lipinski definition) is 6. The first kappa shape index (κ1) is 22.2. The van der Waals surface area contributed by atoms with Gasteiger partial charge >= 0.3 is 0 Å². The van der Waals surface area contributed by atoms with Gasteiger partial charge in [-0.2, -0.15) is 0 Å². The van der Waals surface area contributed by atoms with Crippen molar-refractivity contribution in [2.24, 2.45) is 0 Å². The molecule has 0 heterocycles. The number of carbonyl (C=O) groups is 3. The molecule has 2 rings (SSSR count). The number of rotatable bonds is 8. The second kappa shape index (κ2) is 9.89. The van der Waals surface area contributed by atoms with Gasteiger partial charge in [0.1, 0.15) is 5.75 Å². The van der Waals surface area contributed by atoms with Gasteiger partial charge in [0, 0.05) is 17.6 Å². The lowest BCUT2D eigenvalue weighted by Crippen LogP contribution is -2.35. The van der Waals surface area contributed by atoms with Crippen LogP contribution in [0, 0.1) is 0 Å². The molecule has 0 fully saturated rings. The first-order valence-corrected chi connectivity index (χ1v) is 10.1. The largest absolute Gasteiger partial charge is 0.484 e. The van der Waals surface area contributed by atoms with E-state index in [1.54, 1.807) is 24.3 Å². The van der Waals surface area contributed by atoms with Crippen LogP contribution in [0.5, 0.6) is 5.75 Å². The zero-order valence-electron chi connectivity index (χ0n) is 15.3. The highest BCUT2D eigenvalue weighted by Crippen LogP contribution is 2.15. The van der Waals surface area contributed by atoms with E-state index < -0.39 is 27.7 Å². The molecule has 0 aromatic heterocycles. The van der Waals surface area contributed by atoms with Gasteiger partial charge in [-0.3, -0.25) is 14.4 Å². The quantitative estimate of drug-likeness (QED) is 0.568. The predicted octanol–water partition coefficient (Wildman–Crippen LogP) is 1.30. The van der Waals surface area contributed by atoms with E-state index in [4.69, 9.17) is 16.3 Å². The molecule has 29 heavy (non-hydrogen) atoms. The van der Waals surface area contributed by atoms with Crippen molar-refractivity contribution in [2.45, 2.75) is 11.8 Å². The van der Waals surface area contributed by atoms with E-state index in [2.05, 4.69) is 10.6 Å². The van der Waals surface area contributed by atoms with Crippen LogP contribution in [0.25, 0.3) is 0 Å². The number of benzene rings is 2. The molecule has 11 heteroatoms. The molecule has 3 N–H and O–H groups in total. The third kappa shape index (κ3) is 7.43. The Balaban J connectivity index is 1.79. The molecule has 0 aliphatic carbocycles. The lowest BCUT2D eigenvalue weighted by Gasteiger charge is -2.09. The predicted molar refractivity (Wildman–Crippen MR) is 106 cm³/mol. The summed E-state index contributed by atoms with van der Waals surface area (Å²) in [6, 6.07) is 11.6.